The van der Waals surface area contributed by atoms with Crippen molar-refractivity contribution in [1.82, 2.24) is 20.4 Å². The summed E-state index contributed by atoms with van der Waals surface area (Å²) >= 11 is 0. The molecule has 142 valence electrons. The van der Waals surface area contributed by atoms with E-state index in [0.29, 0.717) is 26.3 Å². The lowest BCUT2D eigenvalue weighted by Crippen LogP contribution is -2.27. The summed E-state index contributed by atoms with van der Waals surface area (Å²) in [4.78, 5) is 14.3. The van der Waals surface area contributed by atoms with E-state index < -0.39 is 0 Å². The third-order valence-electron chi connectivity index (χ3n) is 5.03. The summed E-state index contributed by atoms with van der Waals surface area (Å²) in [6, 6.07) is 16.0. The Morgan fingerprint density at radius 1 is 1.07 bits per heavy atom. The van der Waals surface area contributed by atoms with Gasteiger partial charge in [-0.05, 0) is 23.8 Å². The summed E-state index contributed by atoms with van der Waals surface area (Å²) in [7, 11) is 0. The number of benzene rings is 2. The van der Waals surface area contributed by atoms with E-state index in [1.165, 1.54) is 0 Å². The number of aromatic nitrogens is 2. The highest BCUT2D eigenvalue weighted by Crippen LogP contribution is 2.37. The second-order valence-electron chi connectivity index (χ2n) is 6.92. The first-order valence-corrected chi connectivity index (χ1v) is 9.28. The van der Waals surface area contributed by atoms with Crippen molar-refractivity contribution in [3.05, 3.63) is 65.9 Å². The van der Waals surface area contributed by atoms with Crippen molar-refractivity contribution in [3.8, 4) is 22.8 Å². The maximum Gasteiger partial charge on any atom is 0.235 e. The lowest BCUT2D eigenvalue weighted by Gasteiger charge is -2.24. The summed E-state index contributed by atoms with van der Waals surface area (Å²) in [5.41, 5.74) is 3.90. The van der Waals surface area contributed by atoms with Crippen molar-refractivity contribution in [2.45, 2.75) is 12.7 Å². The Hall–Kier alpha value is -3.32. The number of fused-ring (bicyclic) bond motifs is 1. The van der Waals surface area contributed by atoms with Crippen LogP contribution in [0.15, 0.2) is 54.7 Å². The molecular formula is C21H20N4O3. The van der Waals surface area contributed by atoms with Gasteiger partial charge in [-0.3, -0.25) is 14.8 Å². The Balaban J connectivity index is 1.47. The first-order valence-electron chi connectivity index (χ1n) is 9.28. The van der Waals surface area contributed by atoms with Crippen molar-refractivity contribution >= 4 is 5.91 Å². The van der Waals surface area contributed by atoms with Gasteiger partial charge in [-0.15, -0.1) is 0 Å². The topological polar surface area (TPSA) is 79.5 Å². The molecule has 2 N–H and O–H groups in total. The van der Waals surface area contributed by atoms with Crippen LogP contribution in [0.3, 0.4) is 0 Å². The molecule has 2 aliphatic heterocycles. The second-order valence-corrected chi connectivity index (χ2v) is 6.92. The van der Waals surface area contributed by atoms with E-state index in [9.17, 15) is 4.79 Å². The second kappa shape index (κ2) is 7.01. The van der Waals surface area contributed by atoms with Crippen LogP contribution in [0, 0.1) is 0 Å². The molecule has 1 saturated heterocycles. The zero-order valence-electron chi connectivity index (χ0n) is 15.2. The lowest BCUT2D eigenvalue weighted by atomic mass is 10.0. The number of nitrogens with one attached hydrogen (secondary N) is 2. The van der Waals surface area contributed by atoms with E-state index in [2.05, 4.69) is 32.5 Å². The molecule has 0 aliphatic carbocycles. The van der Waals surface area contributed by atoms with Crippen LogP contribution in [0.25, 0.3) is 11.3 Å². The maximum absolute atomic E-state index is 12.2. The molecule has 1 unspecified atom stereocenters. The summed E-state index contributed by atoms with van der Waals surface area (Å²) < 4.78 is 11.3. The van der Waals surface area contributed by atoms with Crippen molar-refractivity contribution in [2.75, 3.05) is 19.8 Å². The number of carbonyl (C=O) groups excluding carboxylic acids is 1. The van der Waals surface area contributed by atoms with Gasteiger partial charge in [-0.1, -0.05) is 30.3 Å². The number of nitrogens with zero attached hydrogens (tertiary/aromatic N) is 2. The number of rotatable bonds is 4. The maximum atomic E-state index is 12.2. The van der Waals surface area contributed by atoms with Crippen LogP contribution in [0.5, 0.6) is 11.5 Å². The Labute approximate surface area is 162 Å². The third-order valence-corrected chi connectivity index (χ3v) is 5.03. The summed E-state index contributed by atoms with van der Waals surface area (Å²) in [5, 5.41) is 10.4. The average Bonchev–Trinajstić information content (AvgIpc) is 3.35. The van der Waals surface area contributed by atoms with Gasteiger partial charge in [0.1, 0.15) is 19.4 Å². The van der Waals surface area contributed by atoms with Gasteiger partial charge >= 0.3 is 0 Å². The smallest absolute Gasteiger partial charge is 0.235 e. The molecule has 3 aromatic rings. The largest absolute Gasteiger partial charge is 0.486 e. The molecule has 0 saturated carbocycles. The number of ether oxygens (including phenoxy) is 2. The van der Waals surface area contributed by atoms with Gasteiger partial charge < -0.3 is 14.8 Å². The zero-order chi connectivity index (χ0) is 18.9. The Morgan fingerprint density at radius 3 is 2.75 bits per heavy atom. The molecular weight excluding hydrogens is 356 g/mol. The molecule has 2 aliphatic rings. The normalized spacial score (nSPS) is 18.9. The molecule has 28 heavy (non-hydrogen) atoms. The van der Waals surface area contributed by atoms with E-state index in [0.717, 1.165) is 33.9 Å². The van der Waals surface area contributed by atoms with Crippen LogP contribution < -0.4 is 14.8 Å². The summed E-state index contributed by atoms with van der Waals surface area (Å²) in [5.74, 6) is 1.48. The van der Waals surface area contributed by atoms with Crippen LogP contribution in [-0.2, 0) is 11.3 Å². The molecule has 0 radical (unpaired) electrons. The number of hydrogen-bond acceptors (Lipinski definition) is 5. The van der Waals surface area contributed by atoms with Gasteiger partial charge in [0.15, 0.2) is 11.5 Å². The van der Waals surface area contributed by atoms with E-state index in [4.69, 9.17) is 9.47 Å². The average molecular weight is 376 g/mol. The highest BCUT2D eigenvalue weighted by molar-refractivity contribution is 5.81. The molecule has 0 bridgehead atoms. The zero-order valence-corrected chi connectivity index (χ0v) is 15.2. The number of amides is 1. The van der Waals surface area contributed by atoms with Crippen molar-refractivity contribution in [3.63, 3.8) is 0 Å². The fraction of sp³-hybridized carbons (Fsp3) is 0.238. The van der Waals surface area contributed by atoms with Crippen LogP contribution in [0.4, 0.5) is 0 Å². The van der Waals surface area contributed by atoms with Crippen LogP contribution in [-0.4, -0.2) is 40.8 Å². The molecule has 7 heteroatoms. The Bertz CT molecular complexity index is 1000. The fourth-order valence-corrected chi connectivity index (χ4v) is 3.74. The highest BCUT2D eigenvalue weighted by atomic mass is 16.6. The SMILES string of the molecule is O=C1CN(Cc2ccccc2)C(c2cn[nH]c2-c2ccc3c(c2)OCCO3)N1. The first-order chi connectivity index (χ1) is 13.8. The van der Waals surface area contributed by atoms with Crippen molar-refractivity contribution in [2.24, 2.45) is 0 Å². The number of aromatic amines is 1. The van der Waals surface area contributed by atoms with Crippen LogP contribution >= 0.6 is 0 Å². The van der Waals surface area contributed by atoms with Gasteiger partial charge in [0.25, 0.3) is 0 Å². The molecule has 2 aromatic carbocycles. The van der Waals surface area contributed by atoms with Gasteiger partial charge in [0, 0.05) is 17.7 Å². The molecule has 1 fully saturated rings. The number of carbonyl (C=O) groups is 1. The predicted molar refractivity (Wildman–Crippen MR) is 103 cm³/mol. The molecule has 7 nitrogen and oxygen atoms in total. The van der Waals surface area contributed by atoms with Crippen LogP contribution in [0.1, 0.15) is 17.3 Å². The molecule has 3 heterocycles. The molecule has 0 spiro atoms. The van der Waals surface area contributed by atoms with E-state index in [-0.39, 0.29) is 12.1 Å². The van der Waals surface area contributed by atoms with Crippen molar-refractivity contribution < 1.29 is 14.3 Å². The predicted octanol–water partition coefficient (Wildman–Crippen LogP) is 2.48. The van der Waals surface area contributed by atoms with E-state index in [1.807, 2.05) is 36.4 Å². The minimum atomic E-state index is -0.241. The molecule has 1 atom stereocenters. The van der Waals surface area contributed by atoms with Crippen molar-refractivity contribution in [1.29, 1.82) is 0 Å². The monoisotopic (exact) mass is 376 g/mol. The minimum absolute atomic E-state index is 0.00950. The minimum Gasteiger partial charge on any atom is -0.486 e. The summed E-state index contributed by atoms with van der Waals surface area (Å²) in [6.07, 6.45) is 1.54. The van der Waals surface area contributed by atoms with Gasteiger partial charge in [0.2, 0.25) is 5.91 Å². The Morgan fingerprint density at radius 2 is 1.89 bits per heavy atom. The van der Waals surface area contributed by atoms with E-state index >= 15 is 0 Å². The quantitative estimate of drug-likeness (QED) is 0.731. The third kappa shape index (κ3) is 3.10. The standard InChI is InChI=1S/C21H20N4O3/c26-19-13-25(12-14-4-2-1-3-5-14)21(23-19)16-11-22-24-20(16)15-6-7-17-18(10-15)28-9-8-27-17/h1-7,10-11,21H,8-9,12-13H2,(H,22,24)(H,23,26). The number of hydrogen-bond donors (Lipinski definition) is 2. The fourth-order valence-electron chi connectivity index (χ4n) is 3.74. The first kappa shape index (κ1) is 16.8. The lowest BCUT2D eigenvalue weighted by molar-refractivity contribution is -0.118. The molecule has 1 amide bonds. The summed E-state index contributed by atoms with van der Waals surface area (Å²) in [6.45, 7) is 2.13. The van der Waals surface area contributed by atoms with Gasteiger partial charge in [-0.25, -0.2) is 0 Å². The van der Waals surface area contributed by atoms with E-state index in [1.54, 1.807) is 6.20 Å². The van der Waals surface area contributed by atoms with Gasteiger partial charge in [-0.2, -0.15) is 5.10 Å². The number of H-pyrrole nitrogens is 1. The molecule has 1 aromatic heterocycles. The van der Waals surface area contributed by atoms with Gasteiger partial charge in [0.05, 0.1) is 18.4 Å². The van der Waals surface area contributed by atoms with Crippen LogP contribution in [0.2, 0.25) is 0 Å². The highest BCUT2D eigenvalue weighted by Gasteiger charge is 2.33. The molecule has 5 rings (SSSR count). The Kier molecular flexibility index (Phi) is 4.21.